The Hall–Kier alpha value is -2.95. The molecule has 0 radical (unpaired) electrons. The molecule has 5 nitrogen and oxygen atoms in total. The van der Waals surface area contributed by atoms with E-state index in [4.69, 9.17) is 0 Å². The summed E-state index contributed by atoms with van der Waals surface area (Å²) in [5.74, 6) is 0.739. The smallest absolute Gasteiger partial charge is 0.219 e. The quantitative estimate of drug-likeness (QED) is 0.749. The number of hydrogen-bond donors (Lipinski definition) is 1. The number of anilines is 1. The molecule has 1 heterocycles. The van der Waals surface area contributed by atoms with Crippen LogP contribution in [0.2, 0.25) is 0 Å². The van der Waals surface area contributed by atoms with Crippen LogP contribution < -0.4 is 5.43 Å². The highest BCUT2D eigenvalue weighted by atomic mass is 16.1. The van der Waals surface area contributed by atoms with Gasteiger partial charge in [-0.25, -0.2) is 4.68 Å². The second-order valence-corrected chi connectivity index (χ2v) is 5.08. The van der Waals surface area contributed by atoms with Crippen molar-refractivity contribution in [3.8, 4) is 11.4 Å². The number of aromatic nitrogens is 3. The Morgan fingerprint density at radius 1 is 1.00 bits per heavy atom. The van der Waals surface area contributed by atoms with Crippen molar-refractivity contribution in [2.24, 2.45) is 0 Å². The minimum atomic E-state index is -0.144. The minimum Gasteiger partial charge on any atom is -0.291 e. The number of Topliss-reactive ketones (excluding diaryl/α,β-unsaturated/α-hetero) is 1. The van der Waals surface area contributed by atoms with Crippen LogP contribution in [0.3, 0.4) is 0 Å². The zero-order chi connectivity index (χ0) is 15.5. The Labute approximate surface area is 128 Å². The van der Waals surface area contributed by atoms with E-state index >= 15 is 0 Å². The van der Waals surface area contributed by atoms with E-state index in [1.807, 2.05) is 61.5 Å². The van der Waals surface area contributed by atoms with Gasteiger partial charge in [-0.1, -0.05) is 48.0 Å². The van der Waals surface area contributed by atoms with Gasteiger partial charge < -0.3 is 0 Å². The number of nitrogens with one attached hydrogen (secondary N) is 1. The summed E-state index contributed by atoms with van der Waals surface area (Å²) in [4.78, 5) is 11.8. The van der Waals surface area contributed by atoms with E-state index in [0.29, 0.717) is 5.82 Å². The van der Waals surface area contributed by atoms with Crippen LogP contribution in [0.4, 0.5) is 5.69 Å². The molecule has 0 bridgehead atoms. The minimum absolute atomic E-state index is 0.144. The van der Waals surface area contributed by atoms with Crippen molar-refractivity contribution in [1.82, 2.24) is 14.9 Å². The molecule has 0 aliphatic rings. The van der Waals surface area contributed by atoms with E-state index in [9.17, 15) is 4.79 Å². The van der Waals surface area contributed by atoms with Crippen LogP contribution in [0.5, 0.6) is 0 Å². The van der Waals surface area contributed by atoms with Crippen molar-refractivity contribution >= 4 is 11.5 Å². The first-order valence-corrected chi connectivity index (χ1v) is 7.00. The SMILES string of the molecule is CC(=O)c1nnc(-c2ccc(C)cc2)n1Nc1ccccc1. The predicted octanol–water partition coefficient (Wildman–Crippen LogP) is 3.33. The van der Waals surface area contributed by atoms with Gasteiger partial charge in [-0.05, 0) is 19.1 Å². The van der Waals surface area contributed by atoms with Crippen LogP contribution in [0.15, 0.2) is 54.6 Å². The summed E-state index contributed by atoms with van der Waals surface area (Å²) < 4.78 is 1.63. The van der Waals surface area contributed by atoms with Gasteiger partial charge >= 0.3 is 0 Å². The Kier molecular flexibility index (Phi) is 3.70. The first-order chi connectivity index (χ1) is 10.6. The first-order valence-electron chi connectivity index (χ1n) is 7.00. The molecule has 0 fully saturated rings. The Bertz CT molecular complexity index is 791. The van der Waals surface area contributed by atoms with Crippen molar-refractivity contribution in [2.75, 3.05) is 5.43 Å². The van der Waals surface area contributed by atoms with Gasteiger partial charge in [-0.15, -0.1) is 10.2 Å². The Morgan fingerprint density at radius 2 is 1.68 bits per heavy atom. The summed E-state index contributed by atoms with van der Waals surface area (Å²) in [5, 5.41) is 8.17. The van der Waals surface area contributed by atoms with Gasteiger partial charge in [0, 0.05) is 12.5 Å². The van der Waals surface area contributed by atoms with Crippen LogP contribution in [-0.4, -0.2) is 20.7 Å². The number of hydrogen-bond acceptors (Lipinski definition) is 4. The van der Waals surface area contributed by atoms with E-state index in [1.165, 1.54) is 6.92 Å². The standard InChI is InChI=1S/C17H16N4O/c1-12-8-10-14(11-9-12)17-19-18-16(13(2)22)21(17)20-15-6-4-3-5-7-15/h3-11,20H,1-2H3. The largest absolute Gasteiger partial charge is 0.291 e. The van der Waals surface area contributed by atoms with Gasteiger partial charge in [-0.2, -0.15) is 0 Å². The summed E-state index contributed by atoms with van der Waals surface area (Å²) >= 11 is 0. The predicted molar refractivity (Wildman–Crippen MR) is 85.7 cm³/mol. The monoisotopic (exact) mass is 292 g/mol. The molecule has 3 rings (SSSR count). The van der Waals surface area contributed by atoms with Crippen LogP contribution in [0.25, 0.3) is 11.4 Å². The van der Waals surface area contributed by atoms with Crippen molar-refractivity contribution < 1.29 is 4.79 Å². The zero-order valence-electron chi connectivity index (χ0n) is 12.4. The molecule has 5 heteroatoms. The molecule has 0 aliphatic heterocycles. The van der Waals surface area contributed by atoms with Crippen molar-refractivity contribution in [2.45, 2.75) is 13.8 Å². The highest BCUT2D eigenvalue weighted by Gasteiger charge is 2.17. The molecule has 3 aromatic rings. The second kappa shape index (κ2) is 5.81. The van der Waals surface area contributed by atoms with E-state index in [2.05, 4.69) is 15.6 Å². The molecule has 0 saturated carbocycles. The molecule has 110 valence electrons. The third kappa shape index (κ3) is 2.74. The number of ketones is 1. The number of carbonyl (C=O) groups is 1. The van der Waals surface area contributed by atoms with E-state index in [-0.39, 0.29) is 11.6 Å². The molecule has 0 unspecified atom stereocenters. The molecule has 0 spiro atoms. The van der Waals surface area contributed by atoms with Crippen molar-refractivity contribution in [3.63, 3.8) is 0 Å². The fourth-order valence-corrected chi connectivity index (χ4v) is 2.15. The topological polar surface area (TPSA) is 59.8 Å². The van der Waals surface area contributed by atoms with Gasteiger partial charge in [0.15, 0.2) is 11.6 Å². The Balaban J connectivity index is 2.07. The van der Waals surface area contributed by atoms with Crippen LogP contribution in [0, 0.1) is 6.92 Å². The molecule has 0 saturated heterocycles. The van der Waals surface area contributed by atoms with Gasteiger partial charge in [0.2, 0.25) is 5.82 Å². The Morgan fingerprint density at radius 3 is 2.32 bits per heavy atom. The number of benzene rings is 2. The average molecular weight is 292 g/mol. The molecule has 1 aromatic heterocycles. The molecule has 0 aliphatic carbocycles. The molecule has 22 heavy (non-hydrogen) atoms. The van der Waals surface area contributed by atoms with Gasteiger partial charge in [0.1, 0.15) is 0 Å². The fourth-order valence-electron chi connectivity index (χ4n) is 2.15. The van der Waals surface area contributed by atoms with Crippen molar-refractivity contribution in [3.05, 3.63) is 66.0 Å². The second-order valence-electron chi connectivity index (χ2n) is 5.08. The van der Waals surface area contributed by atoms with Crippen LogP contribution in [-0.2, 0) is 0 Å². The molecule has 2 aromatic carbocycles. The van der Waals surface area contributed by atoms with E-state index < -0.39 is 0 Å². The number of para-hydroxylation sites is 1. The molecular weight excluding hydrogens is 276 g/mol. The number of nitrogens with zero attached hydrogens (tertiary/aromatic N) is 3. The molecular formula is C17H16N4O. The highest BCUT2D eigenvalue weighted by Crippen LogP contribution is 2.20. The maximum absolute atomic E-state index is 11.8. The summed E-state index contributed by atoms with van der Waals surface area (Å²) in [6.45, 7) is 3.50. The van der Waals surface area contributed by atoms with Crippen molar-refractivity contribution in [1.29, 1.82) is 0 Å². The molecule has 1 N–H and O–H groups in total. The number of carbonyl (C=O) groups excluding carboxylic acids is 1. The summed E-state index contributed by atoms with van der Waals surface area (Å²) in [6, 6.07) is 17.6. The molecule has 0 amide bonds. The zero-order valence-corrected chi connectivity index (χ0v) is 12.4. The van der Waals surface area contributed by atoms with Crippen LogP contribution >= 0.6 is 0 Å². The molecule has 0 atom stereocenters. The lowest BCUT2D eigenvalue weighted by molar-refractivity contribution is 0.100. The van der Waals surface area contributed by atoms with E-state index in [0.717, 1.165) is 16.8 Å². The summed E-state index contributed by atoms with van der Waals surface area (Å²) in [7, 11) is 0. The third-order valence-corrected chi connectivity index (χ3v) is 3.30. The summed E-state index contributed by atoms with van der Waals surface area (Å²) in [5.41, 5.74) is 6.11. The lowest BCUT2D eigenvalue weighted by atomic mass is 10.1. The maximum atomic E-state index is 11.8. The average Bonchev–Trinajstić information content (AvgIpc) is 2.93. The fraction of sp³-hybridized carbons (Fsp3) is 0.118. The lowest BCUT2D eigenvalue weighted by Crippen LogP contribution is -2.16. The third-order valence-electron chi connectivity index (χ3n) is 3.30. The van der Waals surface area contributed by atoms with E-state index in [1.54, 1.807) is 4.68 Å². The number of rotatable bonds is 4. The normalized spacial score (nSPS) is 10.5. The lowest BCUT2D eigenvalue weighted by Gasteiger charge is -2.12. The maximum Gasteiger partial charge on any atom is 0.219 e. The van der Waals surface area contributed by atoms with Crippen LogP contribution in [0.1, 0.15) is 23.1 Å². The highest BCUT2D eigenvalue weighted by molar-refractivity contribution is 5.91. The van der Waals surface area contributed by atoms with Gasteiger partial charge in [0.05, 0.1) is 5.69 Å². The summed E-state index contributed by atoms with van der Waals surface area (Å²) in [6.07, 6.45) is 0. The van der Waals surface area contributed by atoms with Gasteiger partial charge in [0.25, 0.3) is 0 Å². The number of aryl methyl sites for hydroxylation is 1. The first kappa shape index (κ1) is 14.0. The van der Waals surface area contributed by atoms with Gasteiger partial charge in [-0.3, -0.25) is 10.2 Å².